The fourth-order valence-corrected chi connectivity index (χ4v) is 2.93. The zero-order valence-electron chi connectivity index (χ0n) is 18.9. The van der Waals surface area contributed by atoms with Gasteiger partial charge in [0.05, 0.1) is 12.2 Å². The van der Waals surface area contributed by atoms with E-state index >= 15 is 0 Å². The number of amides is 3. The molecule has 0 fully saturated rings. The smallest absolute Gasteiger partial charge is 0.410 e. The lowest BCUT2D eigenvalue weighted by Crippen LogP contribution is -2.40. The van der Waals surface area contributed by atoms with Gasteiger partial charge in [-0.25, -0.2) is 9.59 Å². The molecule has 0 aliphatic carbocycles. The molecule has 3 amide bonds. The maximum Gasteiger partial charge on any atom is 0.410 e. The quantitative estimate of drug-likeness (QED) is 0.769. The molecule has 0 spiro atoms. The van der Waals surface area contributed by atoms with E-state index in [4.69, 9.17) is 9.47 Å². The van der Waals surface area contributed by atoms with Crippen molar-refractivity contribution in [3.8, 4) is 0 Å². The Hall–Kier alpha value is -2.78. The van der Waals surface area contributed by atoms with Gasteiger partial charge in [0.2, 0.25) is 5.91 Å². The molecule has 10 heteroatoms. The number of rotatable bonds is 4. The van der Waals surface area contributed by atoms with Crippen molar-refractivity contribution in [3.63, 3.8) is 0 Å². The fourth-order valence-electron chi connectivity index (χ4n) is 2.93. The Labute approximate surface area is 177 Å². The molecule has 10 nitrogen and oxygen atoms in total. The lowest BCUT2D eigenvalue weighted by Gasteiger charge is -2.29. The van der Waals surface area contributed by atoms with Crippen molar-refractivity contribution in [2.45, 2.75) is 72.1 Å². The second-order valence-corrected chi connectivity index (χ2v) is 9.28. The monoisotopic (exact) mass is 423 g/mol. The van der Waals surface area contributed by atoms with Crippen LogP contribution in [0.4, 0.5) is 15.4 Å². The van der Waals surface area contributed by atoms with Crippen LogP contribution in [0.25, 0.3) is 0 Å². The Bertz CT molecular complexity index is 804. The number of anilines is 1. The number of nitrogens with one attached hydrogen (secondary N) is 2. The van der Waals surface area contributed by atoms with Crippen LogP contribution in [0, 0.1) is 0 Å². The SMILES string of the molecule is Cn1nc2c(c1NC(=O)CCNC(=O)OC(C)(C)C)CN(C(=O)OC(C)(C)C)CC2. The van der Waals surface area contributed by atoms with Gasteiger partial charge in [0.15, 0.2) is 0 Å². The van der Waals surface area contributed by atoms with Gasteiger partial charge in [-0.15, -0.1) is 0 Å². The summed E-state index contributed by atoms with van der Waals surface area (Å²) in [6, 6.07) is 0. The van der Waals surface area contributed by atoms with Crippen molar-refractivity contribution in [1.82, 2.24) is 20.0 Å². The van der Waals surface area contributed by atoms with Crippen LogP contribution in [0.5, 0.6) is 0 Å². The van der Waals surface area contributed by atoms with Crippen molar-refractivity contribution < 1.29 is 23.9 Å². The van der Waals surface area contributed by atoms with Gasteiger partial charge in [0, 0.05) is 38.5 Å². The summed E-state index contributed by atoms with van der Waals surface area (Å²) in [5.74, 6) is 0.270. The molecule has 1 aromatic heterocycles. The third-order valence-electron chi connectivity index (χ3n) is 4.13. The second kappa shape index (κ2) is 8.93. The first-order chi connectivity index (χ1) is 13.7. The van der Waals surface area contributed by atoms with E-state index in [1.54, 1.807) is 37.4 Å². The number of fused-ring (bicyclic) bond motifs is 1. The molecular formula is C20H33N5O5. The molecule has 1 aliphatic rings. The van der Waals surface area contributed by atoms with Crippen LogP contribution in [0.3, 0.4) is 0 Å². The molecule has 1 aromatic rings. The summed E-state index contributed by atoms with van der Waals surface area (Å²) in [5, 5.41) is 9.85. The molecule has 0 bridgehead atoms. The van der Waals surface area contributed by atoms with Crippen LogP contribution in [0.1, 0.15) is 59.2 Å². The maximum atomic E-state index is 12.4. The third-order valence-corrected chi connectivity index (χ3v) is 4.13. The summed E-state index contributed by atoms with van der Waals surface area (Å²) >= 11 is 0. The Kier molecular flexibility index (Phi) is 6.99. The van der Waals surface area contributed by atoms with Gasteiger partial charge in [0.1, 0.15) is 17.0 Å². The van der Waals surface area contributed by atoms with Crippen LogP contribution in [-0.4, -0.2) is 57.1 Å². The van der Waals surface area contributed by atoms with E-state index in [9.17, 15) is 14.4 Å². The van der Waals surface area contributed by atoms with Crippen molar-refractivity contribution in [2.75, 3.05) is 18.4 Å². The molecule has 168 valence electrons. The zero-order valence-corrected chi connectivity index (χ0v) is 18.9. The number of hydrogen-bond acceptors (Lipinski definition) is 6. The molecule has 0 unspecified atom stereocenters. The van der Waals surface area contributed by atoms with E-state index in [1.165, 1.54) is 0 Å². The molecule has 0 atom stereocenters. The van der Waals surface area contributed by atoms with Crippen LogP contribution < -0.4 is 10.6 Å². The molecule has 1 aliphatic heterocycles. The minimum Gasteiger partial charge on any atom is -0.444 e. The van der Waals surface area contributed by atoms with Gasteiger partial charge in [-0.05, 0) is 41.5 Å². The molecule has 0 aromatic carbocycles. The lowest BCUT2D eigenvalue weighted by molar-refractivity contribution is -0.116. The van der Waals surface area contributed by atoms with E-state index in [0.29, 0.717) is 25.3 Å². The molecule has 0 saturated carbocycles. The Morgan fingerprint density at radius 1 is 1.07 bits per heavy atom. The largest absolute Gasteiger partial charge is 0.444 e. The number of aromatic nitrogens is 2. The van der Waals surface area contributed by atoms with E-state index in [-0.39, 0.29) is 18.9 Å². The number of carbonyl (C=O) groups is 3. The normalized spacial score (nSPS) is 14.0. The molecule has 30 heavy (non-hydrogen) atoms. The Morgan fingerprint density at radius 3 is 2.30 bits per heavy atom. The number of hydrogen-bond donors (Lipinski definition) is 2. The highest BCUT2D eigenvalue weighted by atomic mass is 16.6. The van der Waals surface area contributed by atoms with E-state index < -0.39 is 23.4 Å². The average molecular weight is 424 g/mol. The number of nitrogens with zero attached hydrogens (tertiary/aromatic N) is 3. The highest BCUT2D eigenvalue weighted by Crippen LogP contribution is 2.27. The number of alkyl carbamates (subject to hydrolysis) is 1. The lowest BCUT2D eigenvalue weighted by atomic mass is 10.1. The van der Waals surface area contributed by atoms with E-state index in [0.717, 1.165) is 11.3 Å². The second-order valence-electron chi connectivity index (χ2n) is 9.28. The van der Waals surface area contributed by atoms with Gasteiger partial charge < -0.3 is 25.0 Å². The highest BCUT2D eigenvalue weighted by molar-refractivity contribution is 5.91. The Morgan fingerprint density at radius 2 is 1.70 bits per heavy atom. The van der Waals surface area contributed by atoms with Crippen LogP contribution >= 0.6 is 0 Å². The molecule has 2 heterocycles. The minimum atomic E-state index is -0.597. The van der Waals surface area contributed by atoms with Crippen molar-refractivity contribution in [1.29, 1.82) is 0 Å². The molecule has 2 rings (SSSR count). The minimum absolute atomic E-state index is 0.0783. The maximum absolute atomic E-state index is 12.4. The van der Waals surface area contributed by atoms with Crippen LogP contribution in [0.15, 0.2) is 0 Å². The number of carbonyl (C=O) groups excluding carboxylic acids is 3. The Balaban J connectivity index is 1.95. The van der Waals surface area contributed by atoms with Crippen LogP contribution in [0.2, 0.25) is 0 Å². The summed E-state index contributed by atoms with van der Waals surface area (Å²) < 4.78 is 12.2. The van der Waals surface area contributed by atoms with Gasteiger partial charge in [-0.1, -0.05) is 0 Å². The van der Waals surface area contributed by atoms with Gasteiger partial charge in [-0.2, -0.15) is 5.10 Å². The van der Waals surface area contributed by atoms with Gasteiger partial charge in [-0.3, -0.25) is 9.48 Å². The average Bonchev–Trinajstić information content (AvgIpc) is 2.86. The fraction of sp³-hybridized carbons (Fsp3) is 0.700. The summed E-state index contributed by atoms with van der Waals surface area (Å²) in [7, 11) is 1.74. The van der Waals surface area contributed by atoms with E-state index in [2.05, 4.69) is 15.7 Å². The van der Waals surface area contributed by atoms with Gasteiger partial charge in [0.25, 0.3) is 0 Å². The summed E-state index contributed by atoms with van der Waals surface area (Å²) in [6.07, 6.45) is -0.301. The number of ether oxygens (including phenoxy) is 2. The van der Waals surface area contributed by atoms with Gasteiger partial charge >= 0.3 is 12.2 Å². The molecule has 0 saturated heterocycles. The summed E-state index contributed by atoms with van der Waals surface area (Å²) in [6.45, 7) is 11.7. The highest BCUT2D eigenvalue weighted by Gasteiger charge is 2.30. The van der Waals surface area contributed by atoms with Crippen molar-refractivity contribution in [3.05, 3.63) is 11.3 Å². The molecule has 2 N–H and O–H groups in total. The van der Waals surface area contributed by atoms with Crippen molar-refractivity contribution in [2.24, 2.45) is 7.05 Å². The predicted octanol–water partition coefficient (Wildman–Crippen LogP) is 2.57. The van der Waals surface area contributed by atoms with Crippen LogP contribution in [-0.2, 0) is 34.3 Å². The molecule has 0 radical (unpaired) electrons. The first-order valence-electron chi connectivity index (χ1n) is 10.0. The third kappa shape index (κ3) is 6.93. The van der Waals surface area contributed by atoms with Crippen molar-refractivity contribution >= 4 is 23.9 Å². The first-order valence-corrected chi connectivity index (χ1v) is 10.0. The predicted molar refractivity (Wildman–Crippen MR) is 111 cm³/mol. The standard InChI is InChI=1S/C20H33N5O5/c1-19(2,3)29-17(27)21-10-8-15(26)22-16-13-12-25(18(28)30-20(4,5)6)11-9-14(13)23-24(16)7/h8-12H2,1-7H3,(H,21,27)(H,22,26). The summed E-state index contributed by atoms with van der Waals surface area (Å²) in [5.41, 5.74) is 0.465. The summed E-state index contributed by atoms with van der Waals surface area (Å²) in [4.78, 5) is 38.1. The first kappa shape index (κ1) is 23.5. The zero-order chi connectivity index (χ0) is 22.7. The topological polar surface area (TPSA) is 115 Å². The van der Waals surface area contributed by atoms with E-state index in [1.807, 2.05) is 20.8 Å². The number of aryl methyl sites for hydroxylation is 1. The molecular weight excluding hydrogens is 390 g/mol.